The van der Waals surface area contributed by atoms with Crippen molar-refractivity contribution in [1.82, 2.24) is 4.98 Å². The number of aryl methyl sites for hydroxylation is 1. The third-order valence-corrected chi connectivity index (χ3v) is 0.813. The Balaban J connectivity index is 0.000000218. The van der Waals surface area contributed by atoms with Crippen molar-refractivity contribution in [3.8, 4) is 0 Å². The molecule has 0 atom stereocenters. The summed E-state index contributed by atoms with van der Waals surface area (Å²) in [5.74, 6) is 0. The van der Waals surface area contributed by atoms with Crippen molar-refractivity contribution >= 4 is 7.32 Å². The van der Waals surface area contributed by atoms with E-state index >= 15 is 0 Å². The number of hydrogen-bond donors (Lipinski definition) is 3. The number of nitrogens with zero attached hydrogens (tertiary/aromatic N) is 1. The summed E-state index contributed by atoms with van der Waals surface area (Å²) in [6, 6.07) is 5.86. The van der Waals surface area contributed by atoms with Crippen LogP contribution in [0.4, 0.5) is 0 Å². The Kier molecular flexibility index (Phi) is 5.37. The Morgan fingerprint density at radius 2 is 1.82 bits per heavy atom. The number of hydrogen-bond acceptors (Lipinski definition) is 4. The van der Waals surface area contributed by atoms with Crippen molar-refractivity contribution in [2.45, 2.75) is 6.92 Å². The van der Waals surface area contributed by atoms with Gasteiger partial charge in [-0.25, -0.2) is 0 Å². The Morgan fingerprint density at radius 1 is 1.27 bits per heavy atom. The quantitative estimate of drug-likeness (QED) is 0.434. The molecule has 1 heterocycles. The van der Waals surface area contributed by atoms with Gasteiger partial charge >= 0.3 is 7.32 Å². The van der Waals surface area contributed by atoms with Gasteiger partial charge in [0.2, 0.25) is 0 Å². The molecule has 1 aromatic rings. The Hall–Kier alpha value is -0.905. The van der Waals surface area contributed by atoms with Crippen molar-refractivity contribution < 1.29 is 15.1 Å². The minimum atomic E-state index is -2.17. The van der Waals surface area contributed by atoms with E-state index in [0.29, 0.717) is 0 Å². The van der Waals surface area contributed by atoms with E-state index in [2.05, 4.69) is 4.98 Å². The molecule has 0 unspecified atom stereocenters. The molecule has 0 aliphatic carbocycles. The first-order valence-corrected chi connectivity index (χ1v) is 3.05. The highest BCUT2D eigenvalue weighted by molar-refractivity contribution is 6.30. The molecular weight excluding hydrogens is 145 g/mol. The molecule has 0 spiro atoms. The molecular formula is C6H10BNO3. The van der Waals surface area contributed by atoms with Gasteiger partial charge in [-0.3, -0.25) is 4.98 Å². The number of aromatic nitrogens is 1. The molecule has 5 heteroatoms. The average Bonchev–Trinajstić information content (AvgIpc) is 1.87. The molecule has 4 nitrogen and oxygen atoms in total. The van der Waals surface area contributed by atoms with Crippen LogP contribution >= 0.6 is 0 Å². The van der Waals surface area contributed by atoms with E-state index in [9.17, 15) is 0 Å². The maximum atomic E-state index is 7.17. The van der Waals surface area contributed by atoms with E-state index in [1.165, 1.54) is 0 Å². The fraction of sp³-hybridized carbons (Fsp3) is 0.167. The zero-order chi connectivity index (χ0) is 8.69. The summed E-state index contributed by atoms with van der Waals surface area (Å²) in [6.07, 6.45) is 1.79. The lowest BCUT2D eigenvalue weighted by Crippen LogP contribution is -2.07. The first-order chi connectivity index (χ1) is 5.13. The van der Waals surface area contributed by atoms with Crippen molar-refractivity contribution in [3.63, 3.8) is 0 Å². The van der Waals surface area contributed by atoms with Crippen molar-refractivity contribution in [1.29, 1.82) is 0 Å². The first-order valence-electron chi connectivity index (χ1n) is 3.05. The lowest BCUT2D eigenvalue weighted by atomic mass is 10.3. The second-order valence-corrected chi connectivity index (χ2v) is 1.82. The minimum absolute atomic E-state index is 1.07. The highest BCUT2D eigenvalue weighted by Gasteiger charge is 1.92. The smallest absolute Gasteiger partial charge is 0.402 e. The van der Waals surface area contributed by atoms with Gasteiger partial charge in [-0.05, 0) is 19.1 Å². The topological polar surface area (TPSA) is 73.6 Å². The summed E-state index contributed by atoms with van der Waals surface area (Å²) >= 11 is 0. The van der Waals surface area contributed by atoms with Crippen LogP contribution in [0.15, 0.2) is 24.4 Å². The van der Waals surface area contributed by atoms with Gasteiger partial charge in [0.25, 0.3) is 0 Å². The van der Waals surface area contributed by atoms with Gasteiger partial charge in [-0.1, -0.05) is 6.07 Å². The predicted octanol–water partition coefficient (Wildman–Crippen LogP) is -0.662. The second-order valence-electron chi connectivity index (χ2n) is 1.82. The van der Waals surface area contributed by atoms with Crippen LogP contribution in [0.25, 0.3) is 0 Å². The molecule has 0 aliphatic heterocycles. The van der Waals surface area contributed by atoms with Crippen LogP contribution in [0.5, 0.6) is 0 Å². The first kappa shape index (κ1) is 10.1. The Labute approximate surface area is 65.3 Å². The zero-order valence-electron chi connectivity index (χ0n) is 6.18. The van der Waals surface area contributed by atoms with Crippen LogP contribution in [0, 0.1) is 6.92 Å². The Morgan fingerprint density at radius 3 is 2.00 bits per heavy atom. The third kappa shape index (κ3) is 9.09. The van der Waals surface area contributed by atoms with Gasteiger partial charge in [0.05, 0.1) is 0 Å². The highest BCUT2D eigenvalue weighted by Crippen LogP contribution is 1.85. The lowest BCUT2D eigenvalue weighted by molar-refractivity contribution is 0.278. The monoisotopic (exact) mass is 155 g/mol. The van der Waals surface area contributed by atoms with Gasteiger partial charge in [-0.15, -0.1) is 0 Å². The molecule has 0 saturated carbocycles. The van der Waals surface area contributed by atoms with E-state index < -0.39 is 7.32 Å². The minimum Gasteiger partial charge on any atom is -0.402 e. The maximum Gasteiger partial charge on any atom is 0.631 e. The van der Waals surface area contributed by atoms with E-state index in [0.717, 1.165) is 5.69 Å². The fourth-order valence-corrected chi connectivity index (χ4v) is 0.448. The van der Waals surface area contributed by atoms with Gasteiger partial charge in [0.15, 0.2) is 0 Å². The van der Waals surface area contributed by atoms with Gasteiger partial charge in [0.1, 0.15) is 0 Å². The molecule has 0 amide bonds. The standard InChI is InChI=1S/C6H7N.BH3O3/c1-6-4-2-3-5-7-6;2-1(3)4/h2-5H,1H3;2-4H. The zero-order valence-corrected chi connectivity index (χ0v) is 6.18. The van der Waals surface area contributed by atoms with Gasteiger partial charge < -0.3 is 15.1 Å². The summed E-state index contributed by atoms with van der Waals surface area (Å²) < 4.78 is 0. The van der Waals surface area contributed by atoms with Crippen LogP contribution in [0.3, 0.4) is 0 Å². The van der Waals surface area contributed by atoms with E-state index in [4.69, 9.17) is 15.1 Å². The largest absolute Gasteiger partial charge is 0.631 e. The summed E-state index contributed by atoms with van der Waals surface area (Å²) in [4.78, 5) is 3.98. The van der Waals surface area contributed by atoms with Crippen LogP contribution in [0.2, 0.25) is 0 Å². The van der Waals surface area contributed by atoms with Crippen LogP contribution in [-0.2, 0) is 0 Å². The lowest BCUT2D eigenvalue weighted by Gasteiger charge is -1.82. The molecule has 1 rings (SSSR count). The van der Waals surface area contributed by atoms with Crippen LogP contribution in [-0.4, -0.2) is 27.4 Å². The number of rotatable bonds is 0. The van der Waals surface area contributed by atoms with Crippen LogP contribution < -0.4 is 0 Å². The third-order valence-electron chi connectivity index (χ3n) is 0.813. The van der Waals surface area contributed by atoms with Crippen molar-refractivity contribution in [2.24, 2.45) is 0 Å². The molecule has 0 radical (unpaired) electrons. The van der Waals surface area contributed by atoms with Crippen LogP contribution in [0.1, 0.15) is 5.69 Å². The van der Waals surface area contributed by atoms with Gasteiger partial charge in [0, 0.05) is 11.9 Å². The molecule has 3 N–H and O–H groups in total. The number of pyridine rings is 1. The molecule has 0 saturated heterocycles. The summed E-state index contributed by atoms with van der Waals surface area (Å²) in [5.41, 5.74) is 1.07. The second kappa shape index (κ2) is 5.85. The molecule has 11 heavy (non-hydrogen) atoms. The van der Waals surface area contributed by atoms with Gasteiger partial charge in [-0.2, -0.15) is 0 Å². The predicted molar refractivity (Wildman–Crippen MR) is 41.4 cm³/mol. The van der Waals surface area contributed by atoms with E-state index in [1.807, 2.05) is 25.1 Å². The normalized spacial score (nSPS) is 8.00. The molecule has 0 aromatic carbocycles. The fourth-order valence-electron chi connectivity index (χ4n) is 0.448. The van der Waals surface area contributed by atoms with E-state index in [1.54, 1.807) is 6.20 Å². The summed E-state index contributed by atoms with van der Waals surface area (Å²) in [6.45, 7) is 1.97. The summed E-state index contributed by atoms with van der Waals surface area (Å²) in [5, 5.41) is 21.5. The maximum absolute atomic E-state index is 7.17. The molecule has 1 aromatic heterocycles. The SMILES string of the molecule is Cc1ccccn1.OB(O)O. The highest BCUT2D eigenvalue weighted by atomic mass is 16.5. The van der Waals surface area contributed by atoms with E-state index in [-0.39, 0.29) is 0 Å². The molecule has 0 fully saturated rings. The molecule has 60 valence electrons. The summed E-state index contributed by atoms with van der Waals surface area (Å²) in [7, 11) is -2.17. The van der Waals surface area contributed by atoms with Crippen molar-refractivity contribution in [3.05, 3.63) is 30.1 Å². The Bertz CT molecular complexity index is 178. The molecule has 0 bridgehead atoms. The average molecular weight is 155 g/mol. The molecule has 0 aliphatic rings. The van der Waals surface area contributed by atoms with Crippen molar-refractivity contribution in [2.75, 3.05) is 0 Å².